The fraction of sp³-hybridized carbons (Fsp3) is 0.727. The van der Waals surface area contributed by atoms with E-state index in [2.05, 4.69) is 30.4 Å². The summed E-state index contributed by atoms with van der Waals surface area (Å²) >= 11 is 0. The van der Waals surface area contributed by atoms with Gasteiger partial charge in [0.15, 0.2) is 0 Å². The van der Waals surface area contributed by atoms with Crippen LogP contribution in [0.25, 0.3) is 0 Å². The molecular formula is C11H20N2O2. The second-order valence-electron chi connectivity index (χ2n) is 3.63. The molecule has 0 saturated carbocycles. The van der Waals surface area contributed by atoms with Gasteiger partial charge in [0.1, 0.15) is 0 Å². The number of ether oxygens (including phenoxy) is 1. The lowest BCUT2D eigenvalue weighted by molar-refractivity contribution is -0.120. The van der Waals surface area contributed by atoms with Gasteiger partial charge in [0.05, 0.1) is 19.7 Å². The first-order valence-corrected chi connectivity index (χ1v) is 5.15. The van der Waals surface area contributed by atoms with E-state index in [0.29, 0.717) is 25.6 Å². The molecule has 0 heterocycles. The predicted molar refractivity (Wildman–Crippen MR) is 60.4 cm³/mol. The van der Waals surface area contributed by atoms with E-state index in [0.717, 1.165) is 6.61 Å². The molecule has 0 aromatic carbocycles. The molecule has 0 aromatic heterocycles. The molecule has 4 nitrogen and oxygen atoms in total. The van der Waals surface area contributed by atoms with Crippen molar-refractivity contribution in [2.75, 3.05) is 32.8 Å². The van der Waals surface area contributed by atoms with Crippen LogP contribution < -0.4 is 10.6 Å². The van der Waals surface area contributed by atoms with E-state index < -0.39 is 0 Å². The van der Waals surface area contributed by atoms with E-state index in [4.69, 9.17) is 11.2 Å². The van der Waals surface area contributed by atoms with E-state index in [1.807, 2.05) is 0 Å². The molecule has 0 unspecified atom stereocenters. The van der Waals surface area contributed by atoms with Crippen molar-refractivity contribution < 1.29 is 9.53 Å². The van der Waals surface area contributed by atoms with Gasteiger partial charge in [0.2, 0.25) is 5.91 Å². The number of hydrogen-bond acceptors (Lipinski definition) is 3. The van der Waals surface area contributed by atoms with Crippen LogP contribution in [0.5, 0.6) is 0 Å². The van der Waals surface area contributed by atoms with Crippen LogP contribution in [-0.2, 0) is 9.53 Å². The topological polar surface area (TPSA) is 50.4 Å². The largest absolute Gasteiger partial charge is 0.379 e. The summed E-state index contributed by atoms with van der Waals surface area (Å²) in [7, 11) is 0. The molecule has 0 bridgehead atoms. The molecule has 0 rings (SSSR count). The van der Waals surface area contributed by atoms with Crippen molar-refractivity contribution in [3.05, 3.63) is 0 Å². The monoisotopic (exact) mass is 212 g/mol. The van der Waals surface area contributed by atoms with Crippen molar-refractivity contribution in [3.8, 4) is 12.3 Å². The summed E-state index contributed by atoms with van der Waals surface area (Å²) in [4.78, 5) is 11.1. The second-order valence-corrected chi connectivity index (χ2v) is 3.63. The molecule has 86 valence electrons. The first kappa shape index (κ1) is 13.9. The Labute approximate surface area is 91.8 Å². The van der Waals surface area contributed by atoms with Crippen LogP contribution in [0.3, 0.4) is 0 Å². The Morgan fingerprint density at radius 1 is 1.53 bits per heavy atom. The highest BCUT2D eigenvalue weighted by molar-refractivity contribution is 5.77. The van der Waals surface area contributed by atoms with Crippen LogP contribution in [0.15, 0.2) is 0 Å². The molecule has 1 amide bonds. The zero-order chi connectivity index (χ0) is 11.5. The molecule has 0 radical (unpaired) electrons. The number of terminal acetylenes is 1. The van der Waals surface area contributed by atoms with Crippen LogP contribution in [-0.4, -0.2) is 38.8 Å². The minimum atomic E-state index is -0.0570. The number of rotatable bonds is 8. The summed E-state index contributed by atoms with van der Waals surface area (Å²) in [5.74, 6) is 2.86. The zero-order valence-electron chi connectivity index (χ0n) is 9.51. The highest BCUT2D eigenvalue weighted by atomic mass is 16.5. The molecule has 0 spiro atoms. The maximum atomic E-state index is 11.1. The normalized spacial score (nSPS) is 10.0. The van der Waals surface area contributed by atoms with E-state index >= 15 is 0 Å². The Morgan fingerprint density at radius 3 is 2.87 bits per heavy atom. The molecule has 0 aliphatic carbocycles. The van der Waals surface area contributed by atoms with Crippen LogP contribution >= 0.6 is 0 Å². The first-order valence-electron chi connectivity index (χ1n) is 5.15. The maximum Gasteiger partial charge on any atom is 0.234 e. The highest BCUT2D eigenvalue weighted by Gasteiger charge is 1.98. The average Bonchev–Trinajstić information content (AvgIpc) is 2.17. The van der Waals surface area contributed by atoms with Gasteiger partial charge in [0, 0.05) is 13.2 Å². The van der Waals surface area contributed by atoms with Crippen molar-refractivity contribution >= 4 is 5.91 Å². The van der Waals surface area contributed by atoms with Gasteiger partial charge in [-0.1, -0.05) is 19.8 Å². The van der Waals surface area contributed by atoms with Crippen LogP contribution in [0, 0.1) is 18.3 Å². The molecule has 2 N–H and O–H groups in total. The van der Waals surface area contributed by atoms with Gasteiger partial charge in [0.25, 0.3) is 0 Å². The third-order valence-corrected chi connectivity index (χ3v) is 1.53. The lowest BCUT2D eigenvalue weighted by Gasteiger charge is -2.08. The highest BCUT2D eigenvalue weighted by Crippen LogP contribution is 1.90. The van der Waals surface area contributed by atoms with Crippen molar-refractivity contribution in [2.24, 2.45) is 5.92 Å². The van der Waals surface area contributed by atoms with Crippen LogP contribution in [0.4, 0.5) is 0 Å². The minimum absolute atomic E-state index is 0.0570. The van der Waals surface area contributed by atoms with Crippen LogP contribution in [0.2, 0.25) is 0 Å². The zero-order valence-corrected chi connectivity index (χ0v) is 9.51. The Morgan fingerprint density at radius 2 is 2.27 bits per heavy atom. The molecule has 0 aliphatic heterocycles. The summed E-state index contributed by atoms with van der Waals surface area (Å²) in [5.41, 5.74) is 0. The molecule has 0 aliphatic rings. The van der Waals surface area contributed by atoms with Crippen molar-refractivity contribution in [1.82, 2.24) is 10.6 Å². The summed E-state index contributed by atoms with van der Waals surface area (Å²) in [6.07, 6.45) is 5.02. The van der Waals surface area contributed by atoms with Gasteiger partial charge in [-0.05, 0) is 5.92 Å². The van der Waals surface area contributed by atoms with Gasteiger partial charge in [-0.25, -0.2) is 0 Å². The smallest absolute Gasteiger partial charge is 0.234 e. The molecule has 0 fully saturated rings. The van der Waals surface area contributed by atoms with Crippen molar-refractivity contribution in [2.45, 2.75) is 13.8 Å². The number of carbonyl (C=O) groups is 1. The predicted octanol–water partition coefficient (Wildman–Crippen LogP) is -0.00200. The van der Waals surface area contributed by atoms with Crippen molar-refractivity contribution in [3.63, 3.8) is 0 Å². The number of hydrogen-bond donors (Lipinski definition) is 2. The van der Waals surface area contributed by atoms with Crippen molar-refractivity contribution in [1.29, 1.82) is 0 Å². The Hall–Kier alpha value is -1.05. The SMILES string of the molecule is C#CCNCC(=O)NCCOCC(C)C. The Bertz CT molecular complexity index is 209. The lowest BCUT2D eigenvalue weighted by Crippen LogP contribution is -2.35. The van der Waals surface area contributed by atoms with E-state index in [-0.39, 0.29) is 12.5 Å². The summed E-state index contributed by atoms with van der Waals surface area (Å²) < 4.78 is 5.30. The quantitative estimate of drug-likeness (QED) is 0.440. The van der Waals surface area contributed by atoms with Gasteiger partial charge in [-0.2, -0.15) is 0 Å². The molecule has 0 saturated heterocycles. The van der Waals surface area contributed by atoms with Gasteiger partial charge >= 0.3 is 0 Å². The fourth-order valence-electron chi connectivity index (χ4n) is 0.892. The summed E-state index contributed by atoms with van der Waals surface area (Å²) in [5, 5.41) is 5.53. The molecule has 4 heteroatoms. The van der Waals surface area contributed by atoms with E-state index in [9.17, 15) is 4.79 Å². The minimum Gasteiger partial charge on any atom is -0.379 e. The summed E-state index contributed by atoms with van der Waals surface area (Å²) in [6.45, 7) is 6.67. The Balaban J connectivity index is 3.21. The van der Waals surface area contributed by atoms with E-state index in [1.165, 1.54) is 0 Å². The molecule has 15 heavy (non-hydrogen) atoms. The second kappa shape index (κ2) is 9.50. The fourth-order valence-corrected chi connectivity index (χ4v) is 0.892. The molecule has 0 atom stereocenters. The van der Waals surface area contributed by atoms with Gasteiger partial charge < -0.3 is 10.1 Å². The average molecular weight is 212 g/mol. The third kappa shape index (κ3) is 10.9. The van der Waals surface area contributed by atoms with Gasteiger partial charge in [-0.15, -0.1) is 6.42 Å². The first-order chi connectivity index (χ1) is 7.16. The number of nitrogens with one attached hydrogen (secondary N) is 2. The molecule has 0 aromatic rings. The van der Waals surface area contributed by atoms with Crippen LogP contribution in [0.1, 0.15) is 13.8 Å². The summed E-state index contributed by atoms with van der Waals surface area (Å²) in [6, 6.07) is 0. The third-order valence-electron chi connectivity index (χ3n) is 1.53. The molecular weight excluding hydrogens is 192 g/mol. The maximum absolute atomic E-state index is 11.1. The Kier molecular flexibility index (Phi) is 8.84. The lowest BCUT2D eigenvalue weighted by atomic mass is 10.2. The standard InChI is InChI=1S/C11H20N2O2/c1-4-5-12-8-11(14)13-6-7-15-9-10(2)3/h1,10,12H,5-9H2,2-3H3,(H,13,14). The van der Waals surface area contributed by atoms with E-state index in [1.54, 1.807) is 0 Å². The van der Waals surface area contributed by atoms with Gasteiger partial charge in [-0.3, -0.25) is 10.1 Å². The number of amides is 1. The number of carbonyl (C=O) groups excluding carboxylic acids is 1.